The van der Waals surface area contributed by atoms with Gasteiger partial charge >= 0.3 is 0 Å². The van der Waals surface area contributed by atoms with Gasteiger partial charge in [-0.25, -0.2) is 4.98 Å². The van der Waals surface area contributed by atoms with Crippen molar-refractivity contribution in [2.75, 3.05) is 0 Å². The monoisotopic (exact) mass is 450 g/mol. The average molecular weight is 451 g/mol. The molecule has 30 heavy (non-hydrogen) atoms. The molecule has 1 amide bonds. The molecule has 0 spiro atoms. The van der Waals surface area contributed by atoms with Gasteiger partial charge in [0.05, 0.1) is 5.52 Å². The number of aromatic nitrogens is 1. The van der Waals surface area contributed by atoms with E-state index in [9.17, 15) is 13.2 Å². The lowest BCUT2D eigenvalue weighted by Crippen LogP contribution is -2.44. The number of ether oxygens (including phenoxy) is 2. The minimum Gasteiger partial charge on any atom is -0.481 e. The highest BCUT2D eigenvalue weighted by atomic mass is 35.5. The summed E-state index contributed by atoms with van der Waals surface area (Å²) in [7, 11) is -4.37. The number of carbonyl (C=O) groups is 1. The molecule has 3 rings (SSSR count). The number of fused-ring (bicyclic) bond motifs is 1. The quantitative estimate of drug-likeness (QED) is 0.526. The molecular formula is C20H19ClN2O6S. The fraction of sp³-hybridized carbons (Fsp3) is 0.200. The van der Waals surface area contributed by atoms with E-state index >= 15 is 0 Å². The van der Waals surface area contributed by atoms with E-state index in [0.29, 0.717) is 27.9 Å². The van der Waals surface area contributed by atoms with Crippen molar-refractivity contribution in [3.63, 3.8) is 0 Å². The minimum absolute atomic E-state index is 0.378. The Kier molecular flexibility index (Phi) is 6.45. The molecule has 2 unspecified atom stereocenters. The molecule has 3 aromatic rings. The number of rotatable bonds is 7. The number of amides is 1. The number of hydrogen-bond donors (Lipinski definition) is 2. The lowest BCUT2D eigenvalue weighted by atomic mass is 10.2. The summed E-state index contributed by atoms with van der Waals surface area (Å²) in [4.78, 5) is 16.4. The van der Waals surface area contributed by atoms with Gasteiger partial charge in [0.2, 0.25) is 5.88 Å². The van der Waals surface area contributed by atoms with Gasteiger partial charge in [-0.3, -0.25) is 9.35 Å². The van der Waals surface area contributed by atoms with Crippen LogP contribution in [0.25, 0.3) is 10.9 Å². The van der Waals surface area contributed by atoms with Gasteiger partial charge in [-0.15, -0.1) is 0 Å². The van der Waals surface area contributed by atoms with Gasteiger partial charge in [-0.05, 0) is 56.3 Å². The lowest BCUT2D eigenvalue weighted by Gasteiger charge is -2.17. The van der Waals surface area contributed by atoms with Crippen molar-refractivity contribution in [1.29, 1.82) is 0 Å². The SMILES string of the molecule is CC(Oc1ccc(Oc2ccc3ccc(Cl)cc3n2)cc1)C(=O)NC(C)S(=O)(=O)O. The summed E-state index contributed by atoms with van der Waals surface area (Å²) in [6.45, 7) is 2.61. The molecule has 0 fully saturated rings. The highest BCUT2D eigenvalue weighted by Gasteiger charge is 2.23. The van der Waals surface area contributed by atoms with Crippen LogP contribution in [-0.4, -0.2) is 35.3 Å². The van der Waals surface area contributed by atoms with Crippen LogP contribution >= 0.6 is 11.6 Å². The Morgan fingerprint density at radius 2 is 1.70 bits per heavy atom. The van der Waals surface area contributed by atoms with E-state index in [2.05, 4.69) is 10.3 Å². The predicted molar refractivity (Wildman–Crippen MR) is 113 cm³/mol. The molecule has 0 aliphatic rings. The van der Waals surface area contributed by atoms with Crippen molar-refractivity contribution in [1.82, 2.24) is 10.3 Å². The third-order valence-electron chi connectivity index (χ3n) is 4.15. The maximum absolute atomic E-state index is 12.0. The van der Waals surface area contributed by atoms with Crippen molar-refractivity contribution in [2.24, 2.45) is 0 Å². The zero-order valence-corrected chi connectivity index (χ0v) is 17.6. The van der Waals surface area contributed by atoms with Crippen LogP contribution in [0.1, 0.15) is 13.8 Å². The van der Waals surface area contributed by atoms with E-state index in [1.807, 2.05) is 12.1 Å². The Hall–Kier alpha value is -2.88. The van der Waals surface area contributed by atoms with Crippen LogP contribution in [0.4, 0.5) is 0 Å². The first-order valence-electron chi connectivity index (χ1n) is 8.89. The van der Waals surface area contributed by atoms with E-state index < -0.39 is 27.5 Å². The van der Waals surface area contributed by atoms with Crippen LogP contribution in [-0.2, 0) is 14.9 Å². The number of benzene rings is 2. The lowest BCUT2D eigenvalue weighted by molar-refractivity contribution is -0.127. The van der Waals surface area contributed by atoms with Gasteiger partial charge in [0.1, 0.15) is 11.5 Å². The van der Waals surface area contributed by atoms with Gasteiger partial charge in [0.15, 0.2) is 11.5 Å². The normalized spacial score (nSPS) is 13.5. The van der Waals surface area contributed by atoms with Crippen molar-refractivity contribution in [3.05, 3.63) is 59.6 Å². The van der Waals surface area contributed by atoms with Crippen LogP contribution in [0, 0.1) is 0 Å². The van der Waals surface area contributed by atoms with Crippen LogP contribution in [0.5, 0.6) is 17.4 Å². The van der Waals surface area contributed by atoms with Gasteiger partial charge in [-0.1, -0.05) is 17.7 Å². The molecule has 0 bridgehead atoms. The van der Waals surface area contributed by atoms with Crippen molar-refractivity contribution >= 4 is 38.5 Å². The van der Waals surface area contributed by atoms with Gasteiger partial charge in [0.25, 0.3) is 16.0 Å². The largest absolute Gasteiger partial charge is 0.481 e. The van der Waals surface area contributed by atoms with Crippen LogP contribution < -0.4 is 14.8 Å². The molecule has 0 saturated carbocycles. The first kappa shape index (κ1) is 21.8. The standard InChI is InChI=1S/C20H19ClN2O6S/c1-12(20(24)22-13(2)30(25,26)27)28-16-6-8-17(9-7-16)29-19-10-4-14-3-5-15(21)11-18(14)23-19/h3-13H,1-2H3,(H,22,24)(H,25,26,27). The molecule has 158 valence electrons. The van der Waals surface area contributed by atoms with E-state index in [-0.39, 0.29) is 0 Å². The molecule has 0 aliphatic carbocycles. The fourth-order valence-corrected chi connectivity index (χ4v) is 2.92. The summed E-state index contributed by atoms with van der Waals surface area (Å²) < 4.78 is 42.2. The van der Waals surface area contributed by atoms with Gasteiger partial charge in [0, 0.05) is 16.5 Å². The topological polar surface area (TPSA) is 115 Å². The third kappa shape index (κ3) is 5.59. The third-order valence-corrected chi connectivity index (χ3v) is 5.40. The second-order valence-corrected chi connectivity index (χ2v) is 8.66. The van der Waals surface area contributed by atoms with E-state index in [1.165, 1.54) is 6.92 Å². The van der Waals surface area contributed by atoms with Crippen molar-refractivity contribution in [3.8, 4) is 17.4 Å². The number of halogens is 1. The highest BCUT2D eigenvalue weighted by molar-refractivity contribution is 7.86. The van der Waals surface area contributed by atoms with Crippen LogP contribution in [0.3, 0.4) is 0 Å². The average Bonchev–Trinajstić information content (AvgIpc) is 2.68. The fourth-order valence-electron chi connectivity index (χ4n) is 2.49. The first-order valence-corrected chi connectivity index (χ1v) is 10.8. The van der Waals surface area contributed by atoms with Gasteiger partial charge in [-0.2, -0.15) is 8.42 Å². The number of pyridine rings is 1. The van der Waals surface area contributed by atoms with E-state index in [1.54, 1.807) is 42.5 Å². The summed E-state index contributed by atoms with van der Waals surface area (Å²) in [6, 6.07) is 15.5. The summed E-state index contributed by atoms with van der Waals surface area (Å²) in [6.07, 6.45) is -0.979. The minimum atomic E-state index is -4.37. The molecule has 10 heteroatoms. The summed E-state index contributed by atoms with van der Waals surface area (Å²) in [5.74, 6) is 0.598. The Morgan fingerprint density at radius 1 is 1.07 bits per heavy atom. The Labute approximate surface area is 178 Å². The molecule has 0 radical (unpaired) electrons. The Bertz CT molecular complexity index is 1170. The summed E-state index contributed by atoms with van der Waals surface area (Å²) in [5.41, 5.74) is 0.707. The van der Waals surface area contributed by atoms with Crippen LogP contribution in [0.2, 0.25) is 5.02 Å². The summed E-state index contributed by atoms with van der Waals surface area (Å²) >= 11 is 6.00. The number of carbonyl (C=O) groups excluding carboxylic acids is 1. The Balaban J connectivity index is 1.63. The molecule has 1 heterocycles. The summed E-state index contributed by atoms with van der Waals surface area (Å²) in [5, 5.41) is 2.24. The molecule has 1 aromatic heterocycles. The number of hydrogen-bond acceptors (Lipinski definition) is 6. The maximum Gasteiger partial charge on any atom is 0.285 e. The maximum atomic E-state index is 12.0. The molecule has 2 aromatic carbocycles. The molecule has 0 aliphatic heterocycles. The first-order chi connectivity index (χ1) is 14.1. The second-order valence-electron chi connectivity index (χ2n) is 6.49. The molecule has 2 atom stereocenters. The van der Waals surface area contributed by atoms with E-state index in [4.69, 9.17) is 25.6 Å². The zero-order valence-electron chi connectivity index (χ0n) is 16.1. The van der Waals surface area contributed by atoms with Gasteiger partial charge < -0.3 is 14.8 Å². The Morgan fingerprint density at radius 3 is 2.37 bits per heavy atom. The molecule has 2 N–H and O–H groups in total. The second kappa shape index (κ2) is 8.86. The molecule has 0 saturated heterocycles. The van der Waals surface area contributed by atoms with Crippen molar-refractivity contribution in [2.45, 2.75) is 25.3 Å². The molecule has 8 nitrogen and oxygen atoms in total. The van der Waals surface area contributed by atoms with Crippen molar-refractivity contribution < 1.29 is 27.2 Å². The predicted octanol–water partition coefficient (Wildman–Crippen LogP) is 3.80. The number of nitrogens with zero attached hydrogens (tertiary/aromatic N) is 1. The zero-order chi connectivity index (χ0) is 21.9. The molecular weight excluding hydrogens is 432 g/mol. The smallest absolute Gasteiger partial charge is 0.285 e. The number of nitrogens with one attached hydrogen (secondary N) is 1. The van der Waals surface area contributed by atoms with Crippen LogP contribution in [0.15, 0.2) is 54.6 Å². The van der Waals surface area contributed by atoms with E-state index in [0.717, 1.165) is 12.3 Å². The highest BCUT2D eigenvalue weighted by Crippen LogP contribution is 2.26.